The van der Waals surface area contributed by atoms with Gasteiger partial charge in [-0.05, 0) is 44.2 Å². The van der Waals surface area contributed by atoms with E-state index in [2.05, 4.69) is 20.1 Å². The number of benzene rings is 1. The zero-order valence-electron chi connectivity index (χ0n) is 15.9. The summed E-state index contributed by atoms with van der Waals surface area (Å²) in [5.41, 5.74) is 1.75. The van der Waals surface area contributed by atoms with Gasteiger partial charge >= 0.3 is 0 Å². The van der Waals surface area contributed by atoms with E-state index >= 15 is 0 Å². The number of amides is 1. The van der Waals surface area contributed by atoms with Crippen LogP contribution < -0.4 is 10.0 Å². The Bertz CT molecular complexity index is 1130. The molecule has 0 aliphatic rings. The Morgan fingerprint density at radius 2 is 1.83 bits per heavy atom. The molecular formula is C19H20ClN5O3S. The number of carbonyl (C=O) groups is 1. The topological polar surface area (TPSA) is 106 Å². The molecule has 0 unspecified atom stereocenters. The fourth-order valence-corrected chi connectivity index (χ4v) is 3.94. The van der Waals surface area contributed by atoms with Crippen LogP contribution in [0.2, 0.25) is 5.02 Å². The first kappa shape index (κ1) is 21.0. The number of hydrogen-bond acceptors (Lipinski definition) is 5. The van der Waals surface area contributed by atoms with Crippen molar-refractivity contribution in [3.63, 3.8) is 0 Å². The predicted molar refractivity (Wildman–Crippen MR) is 110 cm³/mol. The summed E-state index contributed by atoms with van der Waals surface area (Å²) in [6.07, 6.45) is 0. The summed E-state index contributed by atoms with van der Waals surface area (Å²) in [6, 6.07) is 13.1. The highest BCUT2D eigenvalue weighted by Crippen LogP contribution is 2.17. The summed E-state index contributed by atoms with van der Waals surface area (Å²) in [4.78, 5) is 16.9. The second-order valence-electron chi connectivity index (χ2n) is 6.31. The van der Waals surface area contributed by atoms with Gasteiger partial charge in [-0.2, -0.15) is 5.10 Å². The molecule has 0 fully saturated rings. The second-order valence-corrected chi connectivity index (χ2v) is 8.48. The monoisotopic (exact) mass is 433 g/mol. The van der Waals surface area contributed by atoms with E-state index in [0.717, 1.165) is 11.4 Å². The number of nitrogens with zero attached hydrogens (tertiary/aromatic N) is 3. The van der Waals surface area contributed by atoms with Crippen LogP contribution in [0, 0.1) is 13.8 Å². The molecule has 2 heterocycles. The largest absolute Gasteiger partial charge is 0.349 e. The van der Waals surface area contributed by atoms with Crippen LogP contribution >= 0.6 is 11.6 Å². The summed E-state index contributed by atoms with van der Waals surface area (Å²) in [7, 11) is -3.63. The van der Waals surface area contributed by atoms with Crippen LogP contribution in [0.25, 0.3) is 5.82 Å². The number of pyridine rings is 1. The number of sulfonamides is 1. The Kier molecular flexibility index (Phi) is 6.31. The van der Waals surface area contributed by atoms with Gasteiger partial charge in [-0.25, -0.2) is 22.8 Å². The predicted octanol–water partition coefficient (Wildman–Crippen LogP) is 2.25. The van der Waals surface area contributed by atoms with E-state index in [4.69, 9.17) is 11.6 Å². The first-order valence-electron chi connectivity index (χ1n) is 8.81. The molecule has 1 aromatic carbocycles. The van der Waals surface area contributed by atoms with Crippen molar-refractivity contribution in [2.24, 2.45) is 0 Å². The van der Waals surface area contributed by atoms with Crippen LogP contribution in [-0.4, -0.2) is 42.2 Å². The standard InChI is InChI=1S/C19H20ClN5O3S/c1-13-12-14(2)25(24-13)17-9-8-16(20)18(23-17)19(26)21-10-11-22-29(27,28)15-6-4-3-5-7-15/h3-9,12,22H,10-11H2,1-2H3,(H,21,26). The number of rotatable bonds is 7. The van der Waals surface area contributed by atoms with E-state index in [1.54, 1.807) is 35.0 Å². The van der Waals surface area contributed by atoms with Gasteiger partial charge in [0.1, 0.15) is 5.69 Å². The van der Waals surface area contributed by atoms with Crippen molar-refractivity contribution < 1.29 is 13.2 Å². The number of hydrogen-bond donors (Lipinski definition) is 2. The van der Waals surface area contributed by atoms with Gasteiger partial charge in [0, 0.05) is 18.8 Å². The minimum Gasteiger partial charge on any atom is -0.349 e. The molecule has 0 radical (unpaired) electrons. The maximum Gasteiger partial charge on any atom is 0.271 e. The lowest BCUT2D eigenvalue weighted by Crippen LogP contribution is -2.35. The highest BCUT2D eigenvalue weighted by atomic mass is 35.5. The van der Waals surface area contributed by atoms with Crippen LogP contribution in [-0.2, 0) is 10.0 Å². The molecule has 0 aliphatic carbocycles. The third kappa shape index (κ3) is 5.00. The van der Waals surface area contributed by atoms with Crippen molar-refractivity contribution >= 4 is 27.5 Å². The molecule has 0 atom stereocenters. The summed E-state index contributed by atoms with van der Waals surface area (Å²) >= 11 is 6.12. The average Bonchev–Trinajstić information content (AvgIpc) is 3.04. The highest BCUT2D eigenvalue weighted by molar-refractivity contribution is 7.89. The van der Waals surface area contributed by atoms with Gasteiger partial charge in [-0.15, -0.1) is 0 Å². The smallest absolute Gasteiger partial charge is 0.271 e. The van der Waals surface area contributed by atoms with E-state index in [9.17, 15) is 13.2 Å². The minimum atomic E-state index is -3.63. The molecule has 0 bridgehead atoms. The van der Waals surface area contributed by atoms with E-state index in [-0.39, 0.29) is 28.7 Å². The molecule has 3 rings (SSSR count). The highest BCUT2D eigenvalue weighted by Gasteiger charge is 2.16. The van der Waals surface area contributed by atoms with E-state index < -0.39 is 15.9 Å². The van der Waals surface area contributed by atoms with Gasteiger partial charge < -0.3 is 5.32 Å². The van der Waals surface area contributed by atoms with E-state index in [1.165, 1.54) is 12.1 Å². The molecule has 1 amide bonds. The molecular weight excluding hydrogens is 414 g/mol. The number of aromatic nitrogens is 3. The van der Waals surface area contributed by atoms with Gasteiger partial charge in [0.15, 0.2) is 5.82 Å². The first-order chi connectivity index (χ1) is 13.8. The molecule has 0 saturated heterocycles. The lowest BCUT2D eigenvalue weighted by Gasteiger charge is -2.10. The molecule has 0 aliphatic heterocycles. The number of nitrogens with one attached hydrogen (secondary N) is 2. The van der Waals surface area contributed by atoms with Crippen LogP contribution in [0.5, 0.6) is 0 Å². The molecule has 10 heteroatoms. The number of aryl methyl sites for hydroxylation is 2. The van der Waals surface area contributed by atoms with Gasteiger partial charge in [0.2, 0.25) is 10.0 Å². The van der Waals surface area contributed by atoms with Crippen molar-refractivity contribution in [2.75, 3.05) is 13.1 Å². The molecule has 0 spiro atoms. The molecule has 3 aromatic rings. The van der Waals surface area contributed by atoms with Crippen molar-refractivity contribution in [2.45, 2.75) is 18.7 Å². The molecule has 2 aromatic heterocycles. The van der Waals surface area contributed by atoms with Crippen LogP contribution in [0.15, 0.2) is 53.4 Å². The lowest BCUT2D eigenvalue weighted by atomic mass is 10.3. The van der Waals surface area contributed by atoms with Crippen molar-refractivity contribution in [3.05, 3.63) is 70.6 Å². The zero-order chi connectivity index (χ0) is 21.0. The first-order valence-corrected chi connectivity index (χ1v) is 10.7. The summed E-state index contributed by atoms with van der Waals surface area (Å²) in [5, 5.41) is 7.16. The lowest BCUT2D eigenvalue weighted by molar-refractivity contribution is 0.0949. The Morgan fingerprint density at radius 1 is 1.10 bits per heavy atom. The molecule has 8 nitrogen and oxygen atoms in total. The van der Waals surface area contributed by atoms with Crippen molar-refractivity contribution in [1.82, 2.24) is 24.8 Å². The summed E-state index contributed by atoms with van der Waals surface area (Å²) in [5.74, 6) is -0.0350. The van der Waals surface area contributed by atoms with E-state index in [0.29, 0.717) is 5.82 Å². The quantitative estimate of drug-likeness (QED) is 0.556. The van der Waals surface area contributed by atoms with Gasteiger partial charge in [-0.3, -0.25) is 4.79 Å². The van der Waals surface area contributed by atoms with Gasteiger partial charge in [-0.1, -0.05) is 29.8 Å². The molecule has 2 N–H and O–H groups in total. The molecule has 0 saturated carbocycles. The van der Waals surface area contributed by atoms with Crippen molar-refractivity contribution in [1.29, 1.82) is 0 Å². The number of carbonyl (C=O) groups excluding carboxylic acids is 1. The summed E-state index contributed by atoms with van der Waals surface area (Å²) < 4.78 is 28.4. The van der Waals surface area contributed by atoms with Crippen LogP contribution in [0.3, 0.4) is 0 Å². The maximum atomic E-state index is 12.5. The second kappa shape index (κ2) is 8.73. The Hall–Kier alpha value is -2.75. The minimum absolute atomic E-state index is 0.0255. The fraction of sp³-hybridized carbons (Fsp3) is 0.211. The third-order valence-corrected chi connectivity index (χ3v) is 5.81. The summed E-state index contributed by atoms with van der Waals surface area (Å²) in [6.45, 7) is 3.85. The van der Waals surface area contributed by atoms with Crippen LogP contribution in [0.4, 0.5) is 0 Å². The number of halogens is 1. The average molecular weight is 434 g/mol. The van der Waals surface area contributed by atoms with Gasteiger partial charge in [0.25, 0.3) is 5.91 Å². The van der Waals surface area contributed by atoms with Crippen molar-refractivity contribution in [3.8, 4) is 5.82 Å². The Balaban J connectivity index is 1.64. The SMILES string of the molecule is Cc1cc(C)n(-c2ccc(Cl)c(C(=O)NCCNS(=O)(=O)c3ccccc3)n2)n1. The molecule has 29 heavy (non-hydrogen) atoms. The van der Waals surface area contributed by atoms with Crippen LogP contribution in [0.1, 0.15) is 21.9 Å². The maximum absolute atomic E-state index is 12.5. The molecule has 152 valence electrons. The Morgan fingerprint density at radius 3 is 2.48 bits per heavy atom. The normalized spacial score (nSPS) is 11.4. The Labute approximate surface area is 174 Å². The van der Waals surface area contributed by atoms with Gasteiger partial charge in [0.05, 0.1) is 15.6 Å². The fourth-order valence-electron chi connectivity index (χ4n) is 2.70. The third-order valence-electron chi connectivity index (χ3n) is 4.03. The zero-order valence-corrected chi connectivity index (χ0v) is 17.5. The van der Waals surface area contributed by atoms with E-state index in [1.807, 2.05) is 19.9 Å².